The van der Waals surface area contributed by atoms with Gasteiger partial charge in [0.1, 0.15) is 5.15 Å². The van der Waals surface area contributed by atoms with Gasteiger partial charge < -0.3 is 0 Å². The second-order valence-electron chi connectivity index (χ2n) is 9.27. The molecule has 0 saturated carbocycles. The minimum atomic E-state index is -0.0607. The highest BCUT2D eigenvalue weighted by Gasteiger charge is 2.35. The maximum absolute atomic E-state index is 6.47. The Balaban J connectivity index is 1.39. The molecular formula is C31H23ClN2. The standard InChI is InChI=1S/C31H23ClN2/c1-31(2)26-11-7-6-10-24(26)25-17-16-23(18-27(25)31)28-19-29(32)34-30(33-28)22-14-12-21(13-15-22)20-8-4-3-5-9-20/h3-19H,1-2H3. The Bertz CT molecular complexity index is 1520. The van der Waals surface area contributed by atoms with Crippen LogP contribution >= 0.6 is 11.6 Å². The molecule has 1 aliphatic carbocycles. The van der Waals surface area contributed by atoms with Gasteiger partial charge >= 0.3 is 0 Å². The van der Waals surface area contributed by atoms with Crippen molar-refractivity contribution in [3.05, 3.63) is 119 Å². The first-order chi connectivity index (χ1) is 16.5. The maximum atomic E-state index is 6.47. The lowest BCUT2D eigenvalue weighted by Gasteiger charge is -2.21. The predicted octanol–water partition coefficient (Wildman–Crippen LogP) is 8.44. The largest absolute Gasteiger partial charge is 0.228 e. The summed E-state index contributed by atoms with van der Waals surface area (Å²) in [7, 11) is 0. The lowest BCUT2D eigenvalue weighted by Crippen LogP contribution is -2.14. The molecule has 4 aromatic carbocycles. The molecule has 6 rings (SSSR count). The fourth-order valence-electron chi connectivity index (χ4n) is 5.00. The molecule has 2 nitrogen and oxygen atoms in total. The van der Waals surface area contributed by atoms with Crippen LogP contribution < -0.4 is 0 Å². The molecule has 3 heteroatoms. The van der Waals surface area contributed by atoms with E-state index in [2.05, 4.69) is 97.7 Å². The van der Waals surface area contributed by atoms with Crippen molar-refractivity contribution in [2.75, 3.05) is 0 Å². The van der Waals surface area contributed by atoms with Gasteiger partial charge in [0.05, 0.1) is 5.69 Å². The van der Waals surface area contributed by atoms with Crippen LogP contribution in [-0.4, -0.2) is 9.97 Å². The Hall–Kier alpha value is -3.75. The van der Waals surface area contributed by atoms with Gasteiger partial charge in [-0.2, -0.15) is 0 Å². The minimum Gasteiger partial charge on any atom is -0.228 e. The number of aromatic nitrogens is 2. The van der Waals surface area contributed by atoms with Crippen LogP contribution in [0, 0.1) is 0 Å². The van der Waals surface area contributed by atoms with Gasteiger partial charge in [-0.3, -0.25) is 0 Å². The molecule has 0 fully saturated rings. The van der Waals surface area contributed by atoms with Crippen molar-refractivity contribution in [3.63, 3.8) is 0 Å². The van der Waals surface area contributed by atoms with E-state index in [0.717, 1.165) is 22.4 Å². The summed E-state index contributed by atoms with van der Waals surface area (Å²) in [5.74, 6) is 0.630. The van der Waals surface area contributed by atoms with Gasteiger partial charge in [-0.1, -0.05) is 116 Å². The maximum Gasteiger partial charge on any atom is 0.161 e. The van der Waals surface area contributed by atoms with E-state index in [1.165, 1.54) is 27.8 Å². The molecule has 0 N–H and O–H groups in total. The second kappa shape index (κ2) is 7.93. The molecule has 0 bridgehead atoms. The molecule has 0 unspecified atom stereocenters. The third kappa shape index (κ3) is 3.43. The first-order valence-electron chi connectivity index (χ1n) is 11.5. The van der Waals surface area contributed by atoms with Crippen LogP contribution in [0.2, 0.25) is 5.15 Å². The highest BCUT2D eigenvalue weighted by molar-refractivity contribution is 6.29. The number of halogens is 1. The molecule has 0 radical (unpaired) electrons. The van der Waals surface area contributed by atoms with Crippen molar-refractivity contribution < 1.29 is 0 Å². The first kappa shape index (κ1) is 20.8. The summed E-state index contributed by atoms with van der Waals surface area (Å²) < 4.78 is 0. The van der Waals surface area contributed by atoms with Gasteiger partial charge in [0, 0.05) is 22.6 Å². The summed E-state index contributed by atoms with van der Waals surface area (Å²) in [5.41, 5.74) is 10.4. The molecule has 0 atom stereocenters. The zero-order valence-electron chi connectivity index (χ0n) is 19.1. The lowest BCUT2D eigenvalue weighted by molar-refractivity contribution is 0.660. The normalized spacial score (nSPS) is 13.4. The monoisotopic (exact) mass is 458 g/mol. The Labute approximate surface area is 204 Å². The Morgan fingerprint density at radius 3 is 1.97 bits per heavy atom. The summed E-state index contributed by atoms with van der Waals surface area (Å²) in [5, 5.41) is 0.440. The average Bonchev–Trinajstić information content (AvgIpc) is 3.11. The molecule has 0 aliphatic heterocycles. The number of rotatable bonds is 3. The van der Waals surface area contributed by atoms with Crippen molar-refractivity contribution in [1.82, 2.24) is 9.97 Å². The quantitative estimate of drug-likeness (QED) is 0.253. The van der Waals surface area contributed by atoms with Crippen molar-refractivity contribution in [3.8, 4) is 44.9 Å². The summed E-state index contributed by atoms with van der Waals surface area (Å²) in [6, 6.07) is 35.8. The smallest absolute Gasteiger partial charge is 0.161 e. The van der Waals surface area contributed by atoms with Gasteiger partial charge in [-0.15, -0.1) is 0 Å². The van der Waals surface area contributed by atoms with E-state index in [4.69, 9.17) is 16.6 Å². The molecular weight excluding hydrogens is 436 g/mol. The first-order valence-corrected chi connectivity index (χ1v) is 11.8. The van der Waals surface area contributed by atoms with Crippen LogP contribution in [0.25, 0.3) is 44.9 Å². The van der Waals surface area contributed by atoms with E-state index in [1.807, 2.05) is 24.3 Å². The Kier molecular flexibility index (Phi) is 4.86. The van der Waals surface area contributed by atoms with Gasteiger partial charge in [-0.25, -0.2) is 9.97 Å². The third-order valence-electron chi connectivity index (χ3n) is 6.82. The molecule has 0 saturated heterocycles. The topological polar surface area (TPSA) is 25.8 Å². The van der Waals surface area contributed by atoms with E-state index in [-0.39, 0.29) is 5.41 Å². The van der Waals surface area contributed by atoms with Crippen molar-refractivity contribution in [1.29, 1.82) is 0 Å². The van der Waals surface area contributed by atoms with E-state index < -0.39 is 0 Å². The SMILES string of the molecule is CC1(C)c2ccccc2-c2ccc(-c3cc(Cl)nc(-c4ccc(-c5ccccc5)cc4)n3)cc21. The zero-order valence-corrected chi connectivity index (χ0v) is 19.8. The number of nitrogens with zero attached hydrogens (tertiary/aromatic N) is 2. The van der Waals surface area contributed by atoms with Crippen molar-refractivity contribution >= 4 is 11.6 Å². The summed E-state index contributed by atoms with van der Waals surface area (Å²) in [6.45, 7) is 4.57. The number of hydrogen-bond donors (Lipinski definition) is 0. The molecule has 1 aliphatic rings. The fourth-order valence-corrected chi connectivity index (χ4v) is 5.18. The molecule has 34 heavy (non-hydrogen) atoms. The van der Waals surface area contributed by atoms with Crippen LogP contribution in [0.3, 0.4) is 0 Å². The predicted molar refractivity (Wildman–Crippen MR) is 141 cm³/mol. The number of benzene rings is 4. The van der Waals surface area contributed by atoms with Gasteiger partial charge in [0.2, 0.25) is 0 Å². The summed E-state index contributed by atoms with van der Waals surface area (Å²) in [6.07, 6.45) is 0. The zero-order chi connectivity index (χ0) is 23.3. The van der Waals surface area contributed by atoms with E-state index in [1.54, 1.807) is 0 Å². The van der Waals surface area contributed by atoms with E-state index >= 15 is 0 Å². The van der Waals surface area contributed by atoms with Crippen LogP contribution in [0.15, 0.2) is 103 Å². The summed E-state index contributed by atoms with van der Waals surface area (Å²) in [4.78, 5) is 9.42. The van der Waals surface area contributed by atoms with Crippen molar-refractivity contribution in [2.24, 2.45) is 0 Å². The third-order valence-corrected chi connectivity index (χ3v) is 7.02. The minimum absolute atomic E-state index is 0.0607. The molecule has 1 heterocycles. The van der Waals surface area contributed by atoms with Crippen molar-refractivity contribution in [2.45, 2.75) is 19.3 Å². The average molecular weight is 459 g/mol. The van der Waals surface area contributed by atoms with Crippen LogP contribution in [0.4, 0.5) is 0 Å². The van der Waals surface area contributed by atoms with Crippen LogP contribution in [0.1, 0.15) is 25.0 Å². The number of hydrogen-bond acceptors (Lipinski definition) is 2. The molecule has 1 aromatic heterocycles. The summed E-state index contributed by atoms with van der Waals surface area (Å²) >= 11 is 6.47. The Morgan fingerprint density at radius 1 is 0.559 bits per heavy atom. The fraction of sp³-hybridized carbons (Fsp3) is 0.0968. The molecule has 164 valence electrons. The second-order valence-corrected chi connectivity index (χ2v) is 9.66. The molecule has 0 spiro atoms. The van der Waals surface area contributed by atoms with Crippen LogP contribution in [-0.2, 0) is 5.41 Å². The molecule has 5 aromatic rings. The van der Waals surface area contributed by atoms with Crippen LogP contribution in [0.5, 0.6) is 0 Å². The lowest BCUT2D eigenvalue weighted by atomic mass is 9.82. The van der Waals surface area contributed by atoms with E-state index in [0.29, 0.717) is 11.0 Å². The number of fused-ring (bicyclic) bond motifs is 3. The van der Waals surface area contributed by atoms with E-state index in [9.17, 15) is 0 Å². The Morgan fingerprint density at radius 2 is 1.18 bits per heavy atom. The van der Waals surface area contributed by atoms with Gasteiger partial charge in [-0.05, 0) is 39.4 Å². The highest BCUT2D eigenvalue weighted by atomic mass is 35.5. The molecule has 0 amide bonds. The highest BCUT2D eigenvalue weighted by Crippen LogP contribution is 2.49. The van der Waals surface area contributed by atoms with Gasteiger partial charge in [0.25, 0.3) is 0 Å². The van der Waals surface area contributed by atoms with Gasteiger partial charge in [0.15, 0.2) is 5.82 Å².